The van der Waals surface area contributed by atoms with Gasteiger partial charge in [0.1, 0.15) is 11.6 Å². The van der Waals surface area contributed by atoms with Crippen molar-refractivity contribution in [3.8, 4) is 16.9 Å². The summed E-state index contributed by atoms with van der Waals surface area (Å²) in [5, 5.41) is 9.25. The number of aromatic hydroxyl groups is 1. The normalized spacial score (nSPS) is 10.2. The molecule has 15 heavy (non-hydrogen) atoms. The lowest BCUT2D eigenvalue weighted by molar-refractivity contribution is 0.478. The summed E-state index contributed by atoms with van der Waals surface area (Å²) in [5.74, 6) is -0.255. The minimum absolute atomic E-state index is 0.0372. The zero-order valence-electron chi connectivity index (χ0n) is 7.94. The van der Waals surface area contributed by atoms with E-state index in [1.165, 1.54) is 18.2 Å². The highest BCUT2D eigenvalue weighted by Crippen LogP contribution is 2.27. The smallest absolute Gasteiger partial charge is 0.138 e. The Bertz CT molecular complexity index is 497. The molecule has 0 atom stereocenters. The predicted octanol–water partition coefficient (Wildman–Crippen LogP) is 2.78. The second-order valence-corrected chi connectivity index (χ2v) is 3.28. The second kappa shape index (κ2) is 3.61. The van der Waals surface area contributed by atoms with E-state index < -0.39 is 0 Å². The zero-order chi connectivity index (χ0) is 10.8. The fraction of sp³-hybridized carbons (Fsp3) is 0. The third kappa shape index (κ3) is 1.91. The van der Waals surface area contributed by atoms with Gasteiger partial charge in [-0.1, -0.05) is 18.2 Å². The lowest BCUT2D eigenvalue weighted by Crippen LogP contribution is -1.87. The molecule has 0 fully saturated rings. The number of nitrogen functional groups attached to an aromatic ring is 1. The molecule has 0 saturated carbocycles. The summed E-state index contributed by atoms with van der Waals surface area (Å²) >= 11 is 0. The number of hydrogen-bond acceptors (Lipinski definition) is 2. The molecule has 0 spiro atoms. The molecule has 2 nitrogen and oxygen atoms in total. The van der Waals surface area contributed by atoms with Crippen molar-refractivity contribution in [1.82, 2.24) is 0 Å². The van der Waals surface area contributed by atoms with Crippen LogP contribution in [0.25, 0.3) is 11.1 Å². The zero-order valence-corrected chi connectivity index (χ0v) is 7.94. The first kappa shape index (κ1) is 9.52. The number of anilines is 1. The Kier molecular flexibility index (Phi) is 2.29. The van der Waals surface area contributed by atoms with E-state index in [9.17, 15) is 9.50 Å². The van der Waals surface area contributed by atoms with Crippen molar-refractivity contribution in [2.75, 3.05) is 5.73 Å². The highest BCUT2D eigenvalue weighted by atomic mass is 19.1. The number of rotatable bonds is 1. The first-order valence-corrected chi connectivity index (χ1v) is 4.51. The van der Waals surface area contributed by atoms with Gasteiger partial charge in [0.15, 0.2) is 0 Å². The largest absolute Gasteiger partial charge is 0.506 e. The fourth-order valence-corrected chi connectivity index (χ4v) is 1.40. The summed E-state index contributed by atoms with van der Waals surface area (Å²) in [6.07, 6.45) is 0. The van der Waals surface area contributed by atoms with E-state index in [-0.39, 0.29) is 17.3 Å². The lowest BCUT2D eigenvalue weighted by atomic mass is 10.0. The standard InChI is InChI=1S/C12H10FNO/c13-10-3-1-2-8(6-10)9-4-5-12(15)11(14)7-9/h1-7,15H,14H2. The van der Waals surface area contributed by atoms with Crippen molar-refractivity contribution in [2.45, 2.75) is 0 Å². The summed E-state index contributed by atoms with van der Waals surface area (Å²) in [7, 11) is 0. The van der Waals surface area contributed by atoms with Gasteiger partial charge in [0.2, 0.25) is 0 Å². The van der Waals surface area contributed by atoms with Crippen LogP contribution in [0.15, 0.2) is 42.5 Å². The molecule has 0 amide bonds. The van der Waals surface area contributed by atoms with Gasteiger partial charge in [-0.05, 0) is 35.4 Å². The van der Waals surface area contributed by atoms with Crippen LogP contribution in [0.3, 0.4) is 0 Å². The Balaban J connectivity index is 2.50. The Morgan fingerprint density at radius 1 is 1.00 bits per heavy atom. The van der Waals surface area contributed by atoms with Crippen LogP contribution >= 0.6 is 0 Å². The molecule has 2 aromatic rings. The van der Waals surface area contributed by atoms with E-state index in [4.69, 9.17) is 5.73 Å². The van der Waals surface area contributed by atoms with Crippen molar-refractivity contribution < 1.29 is 9.50 Å². The van der Waals surface area contributed by atoms with Crippen molar-refractivity contribution in [3.63, 3.8) is 0 Å². The second-order valence-electron chi connectivity index (χ2n) is 3.28. The maximum absolute atomic E-state index is 13.0. The third-order valence-electron chi connectivity index (χ3n) is 2.19. The maximum atomic E-state index is 13.0. The predicted molar refractivity (Wildman–Crippen MR) is 57.9 cm³/mol. The Morgan fingerprint density at radius 3 is 2.40 bits per heavy atom. The van der Waals surface area contributed by atoms with E-state index in [2.05, 4.69) is 0 Å². The van der Waals surface area contributed by atoms with Crippen LogP contribution in [0, 0.1) is 5.82 Å². The van der Waals surface area contributed by atoms with Crippen LogP contribution in [0.4, 0.5) is 10.1 Å². The molecule has 3 heteroatoms. The summed E-state index contributed by atoms with van der Waals surface area (Å²) in [6, 6.07) is 11.0. The molecule has 76 valence electrons. The van der Waals surface area contributed by atoms with Crippen molar-refractivity contribution in [1.29, 1.82) is 0 Å². The van der Waals surface area contributed by atoms with Gasteiger partial charge in [0.25, 0.3) is 0 Å². The van der Waals surface area contributed by atoms with Gasteiger partial charge in [-0.3, -0.25) is 0 Å². The molecule has 0 bridgehead atoms. The van der Waals surface area contributed by atoms with Crippen LogP contribution in [0.5, 0.6) is 5.75 Å². The monoisotopic (exact) mass is 203 g/mol. The summed E-state index contributed by atoms with van der Waals surface area (Å²) < 4.78 is 13.0. The van der Waals surface area contributed by atoms with Gasteiger partial charge < -0.3 is 10.8 Å². The molecule has 3 N–H and O–H groups in total. The van der Waals surface area contributed by atoms with Gasteiger partial charge in [-0.2, -0.15) is 0 Å². The Morgan fingerprint density at radius 2 is 1.73 bits per heavy atom. The topological polar surface area (TPSA) is 46.2 Å². The Labute approximate surface area is 86.8 Å². The van der Waals surface area contributed by atoms with Gasteiger partial charge in [-0.15, -0.1) is 0 Å². The van der Waals surface area contributed by atoms with Crippen molar-refractivity contribution in [2.24, 2.45) is 0 Å². The van der Waals surface area contributed by atoms with Crippen LogP contribution in [0.2, 0.25) is 0 Å². The number of nitrogens with two attached hydrogens (primary N) is 1. The van der Waals surface area contributed by atoms with Gasteiger partial charge in [-0.25, -0.2) is 4.39 Å². The van der Waals surface area contributed by atoms with E-state index in [0.717, 1.165) is 11.1 Å². The molecule has 0 aromatic heterocycles. The van der Waals surface area contributed by atoms with Crippen LogP contribution < -0.4 is 5.73 Å². The van der Waals surface area contributed by atoms with Crippen molar-refractivity contribution in [3.05, 3.63) is 48.3 Å². The molecular formula is C12H10FNO. The molecule has 0 aliphatic heterocycles. The van der Waals surface area contributed by atoms with Crippen molar-refractivity contribution >= 4 is 5.69 Å². The number of phenols is 1. The Hall–Kier alpha value is -2.03. The molecule has 0 radical (unpaired) electrons. The average Bonchev–Trinajstić information content (AvgIpc) is 2.22. The highest BCUT2D eigenvalue weighted by Gasteiger charge is 2.02. The fourth-order valence-electron chi connectivity index (χ4n) is 1.40. The third-order valence-corrected chi connectivity index (χ3v) is 2.19. The van der Waals surface area contributed by atoms with Crippen LogP contribution in [-0.4, -0.2) is 5.11 Å². The molecule has 0 aliphatic rings. The average molecular weight is 203 g/mol. The van der Waals surface area contributed by atoms with E-state index in [1.54, 1.807) is 24.3 Å². The minimum atomic E-state index is -0.292. The molecular weight excluding hydrogens is 193 g/mol. The quantitative estimate of drug-likeness (QED) is 0.553. The summed E-state index contributed by atoms with van der Waals surface area (Å²) in [5.41, 5.74) is 7.36. The SMILES string of the molecule is Nc1cc(-c2cccc(F)c2)ccc1O. The maximum Gasteiger partial charge on any atom is 0.138 e. The van der Waals surface area contributed by atoms with Gasteiger partial charge >= 0.3 is 0 Å². The number of halogens is 1. The van der Waals surface area contributed by atoms with Crippen LogP contribution in [0.1, 0.15) is 0 Å². The highest BCUT2D eigenvalue weighted by molar-refractivity contribution is 5.70. The first-order valence-electron chi connectivity index (χ1n) is 4.51. The minimum Gasteiger partial charge on any atom is -0.506 e. The van der Waals surface area contributed by atoms with E-state index in [1.807, 2.05) is 0 Å². The number of phenolic OH excluding ortho intramolecular Hbond substituents is 1. The summed E-state index contributed by atoms with van der Waals surface area (Å²) in [4.78, 5) is 0. The van der Waals surface area contributed by atoms with Gasteiger partial charge in [0, 0.05) is 0 Å². The van der Waals surface area contributed by atoms with Gasteiger partial charge in [0.05, 0.1) is 5.69 Å². The van der Waals surface area contributed by atoms with E-state index in [0.29, 0.717) is 0 Å². The lowest BCUT2D eigenvalue weighted by Gasteiger charge is -2.04. The molecule has 0 aliphatic carbocycles. The van der Waals surface area contributed by atoms with E-state index >= 15 is 0 Å². The number of hydrogen-bond donors (Lipinski definition) is 2. The first-order chi connectivity index (χ1) is 7.16. The summed E-state index contributed by atoms with van der Waals surface area (Å²) in [6.45, 7) is 0. The molecule has 2 rings (SSSR count). The van der Waals surface area contributed by atoms with Crippen LogP contribution in [-0.2, 0) is 0 Å². The molecule has 2 aromatic carbocycles. The number of benzene rings is 2. The molecule has 0 heterocycles. The molecule has 0 saturated heterocycles. The molecule has 0 unspecified atom stereocenters.